The van der Waals surface area contributed by atoms with Crippen LogP contribution in [-0.2, 0) is 19.1 Å². The standard InChI is InChI=1S/C26H27N3O4/c1-17-20-14-23(32-2)24(33-3)15-21(20)22(16-25(30)27-18-10-6-4-7-11-18)26(31)29(28-17)19-12-8-5-9-13-19/h4-15,20-22H,16H2,1-3H3,(H,27,30). The van der Waals surface area contributed by atoms with E-state index in [9.17, 15) is 9.59 Å². The van der Waals surface area contributed by atoms with Gasteiger partial charge in [-0.05, 0) is 43.3 Å². The first-order valence-corrected chi connectivity index (χ1v) is 10.8. The second-order valence-corrected chi connectivity index (χ2v) is 8.03. The fourth-order valence-electron chi connectivity index (χ4n) is 4.33. The molecule has 0 bridgehead atoms. The van der Waals surface area contributed by atoms with Gasteiger partial charge in [0.2, 0.25) is 5.91 Å². The topological polar surface area (TPSA) is 80.2 Å². The Balaban J connectivity index is 1.72. The molecule has 0 saturated heterocycles. The van der Waals surface area contributed by atoms with Crippen molar-refractivity contribution < 1.29 is 19.1 Å². The predicted molar refractivity (Wildman–Crippen MR) is 127 cm³/mol. The fraction of sp³-hybridized carbons (Fsp3) is 0.269. The van der Waals surface area contributed by atoms with E-state index in [4.69, 9.17) is 9.47 Å². The number of para-hydroxylation sites is 2. The minimum absolute atomic E-state index is 0.00464. The van der Waals surface area contributed by atoms with Gasteiger partial charge in [-0.1, -0.05) is 36.4 Å². The number of amides is 2. The summed E-state index contributed by atoms with van der Waals surface area (Å²) in [6, 6.07) is 18.5. The van der Waals surface area contributed by atoms with Crippen molar-refractivity contribution in [3.63, 3.8) is 0 Å². The summed E-state index contributed by atoms with van der Waals surface area (Å²) >= 11 is 0. The van der Waals surface area contributed by atoms with Crippen molar-refractivity contribution in [1.29, 1.82) is 0 Å². The molecule has 0 aromatic heterocycles. The van der Waals surface area contributed by atoms with Gasteiger partial charge in [0, 0.05) is 29.7 Å². The Kier molecular flexibility index (Phi) is 6.58. The third-order valence-corrected chi connectivity index (χ3v) is 5.97. The number of carbonyl (C=O) groups excluding carboxylic acids is 2. The number of carbonyl (C=O) groups is 2. The minimum Gasteiger partial charge on any atom is -0.493 e. The lowest BCUT2D eigenvalue weighted by Gasteiger charge is -2.31. The summed E-state index contributed by atoms with van der Waals surface area (Å²) < 4.78 is 11.0. The first-order valence-electron chi connectivity index (χ1n) is 10.8. The van der Waals surface area contributed by atoms with Crippen molar-refractivity contribution in [1.82, 2.24) is 0 Å². The molecular weight excluding hydrogens is 418 g/mol. The normalized spacial score (nSPS) is 22.3. The van der Waals surface area contributed by atoms with Crippen molar-refractivity contribution in [3.8, 4) is 0 Å². The largest absolute Gasteiger partial charge is 0.493 e. The van der Waals surface area contributed by atoms with Crippen LogP contribution in [0.2, 0.25) is 0 Å². The predicted octanol–water partition coefficient (Wildman–Crippen LogP) is 4.36. The van der Waals surface area contributed by atoms with Crippen LogP contribution >= 0.6 is 0 Å². The van der Waals surface area contributed by atoms with Crippen LogP contribution in [0.15, 0.2) is 89.4 Å². The first-order chi connectivity index (χ1) is 16.0. The quantitative estimate of drug-likeness (QED) is 0.716. The average molecular weight is 446 g/mol. The van der Waals surface area contributed by atoms with E-state index in [0.29, 0.717) is 22.9 Å². The van der Waals surface area contributed by atoms with Gasteiger partial charge < -0.3 is 14.8 Å². The van der Waals surface area contributed by atoms with Crippen LogP contribution in [0.1, 0.15) is 13.3 Å². The molecule has 2 aromatic rings. The van der Waals surface area contributed by atoms with Gasteiger partial charge in [0.25, 0.3) is 5.91 Å². The summed E-state index contributed by atoms with van der Waals surface area (Å²) in [7, 11) is 3.14. The Morgan fingerprint density at radius 2 is 1.58 bits per heavy atom. The molecule has 1 N–H and O–H groups in total. The van der Waals surface area contributed by atoms with Crippen LogP contribution < -0.4 is 10.3 Å². The molecule has 7 nitrogen and oxygen atoms in total. The van der Waals surface area contributed by atoms with E-state index in [-0.39, 0.29) is 30.1 Å². The SMILES string of the molecule is COC1=CC2C(C)=NN(c3ccccc3)C(=O)C(CC(=O)Nc3ccccc3)C2C=C1OC. The number of hydrogen-bond acceptors (Lipinski definition) is 5. The molecule has 4 rings (SSSR count). The van der Waals surface area contributed by atoms with Gasteiger partial charge in [0.15, 0.2) is 11.5 Å². The maximum atomic E-state index is 13.8. The smallest absolute Gasteiger partial charge is 0.251 e. The number of hydrazone groups is 1. The lowest BCUT2D eigenvalue weighted by molar-refractivity contribution is -0.127. The summed E-state index contributed by atoms with van der Waals surface area (Å²) in [4.78, 5) is 26.8. The van der Waals surface area contributed by atoms with Gasteiger partial charge in [0.05, 0.1) is 25.8 Å². The molecule has 0 fully saturated rings. The van der Waals surface area contributed by atoms with Gasteiger partial charge >= 0.3 is 0 Å². The number of allylic oxidation sites excluding steroid dienone is 2. The van der Waals surface area contributed by atoms with Gasteiger partial charge in [-0.25, -0.2) is 5.01 Å². The third-order valence-electron chi connectivity index (χ3n) is 5.97. The molecule has 1 aliphatic carbocycles. The highest BCUT2D eigenvalue weighted by atomic mass is 16.5. The maximum absolute atomic E-state index is 13.8. The lowest BCUT2D eigenvalue weighted by Crippen LogP contribution is -2.38. The molecule has 1 heterocycles. The Morgan fingerprint density at radius 3 is 2.21 bits per heavy atom. The van der Waals surface area contributed by atoms with Crippen LogP contribution in [0.25, 0.3) is 0 Å². The van der Waals surface area contributed by atoms with Crippen LogP contribution in [0.3, 0.4) is 0 Å². The summed E-state index contributed by atoms with van der Waals surface area (Å²) in [5.41, 5.74) is 2.09. The fourth-order valence-corrected chi connectivity index (χ4v) is 4.33. The summed E-state index contributed by atoms with van der Waals surface area (Å²) in [6.45, 7) is 1.89. The van der Waals surface area contributed by atoms with E-state index in [2.05, 4.69) is 10.4 Å². The third kappa shape index (κ3) is 4.67. The second kappa shape index (κ2) is 9.73. The number of ether oxygens (including phenoxy) is 2. The van der Waals surface area contributed by atoms with Crippen molar-refractivity contribution in [2.75, 3.05) is 24.5 Å². The highest BCUT2D eigenvalue weighted by Gasteiger charge is 2.43. The van der Waals surface area contributed by atoms with Gasteiger partial charge in [-0.2, -0.15) is 5.10 Å². The molecule has 3 atom stereocenters. The molecule has 1 aliphatic heterocycles. The van der Waals surface area contributed by atoms with Gasteiger partial charge in [-0.3, -0.25) is 9.59 Å². The van der Waals surface area contributed by atoms with Gasteiger partial charge in [0.1, 0.15) is 0 Å². The number of anilines is 2. The molecule has 33 heavy (non-hydrogen) atoms. The highest BCUT2D eigenvalue weighted by Crippen LogP contribution is 2.39. The minimum atomic E-state index is -0.653. The number of rotatable bonds is 6. The molecule has 2 amide bonds. The van der Waals surface area contributed by atoms with Crippen molar-refractivity contribution in [2.45, 2.75) is 13.3 Å². The van der Waals surface area contributed by atoms with Crippen LogP contribution in [-0.4, -0.2) is 31.7 Å². The zero-order chi connectivity index (χ0) is 23.4. The Bertz CT molecular complexity index is 1110. The van der Waals surface area contributed by atoms with E-state index in [1.165, 1.54) is 5.01 Å². The molecule has 7 heteroatoms. The summed E-state index contributed by atoms with van der Waals surface area (Å²) in [5.74, 6) is -0.532. The monoisotopic (exact) mass is 445 g/mol. The Morgan fingerprint density at radius 1 is 0.970 bits per heavy atom. The molecular formula is C26H27N3O4. The van der Waals surface area contributed by atoms with Crippen LogP contribution in [0, 0.1) is 17.8 Å². The molecule has 0 spiro atoms. The van der Waals surface area contributed by atoms with Crippen molar-refractivity contribution >= 4 is 28.9 Å². The van der Waals surface area contributed by atoms with Gasteiger partial charge in [-0.15, -0.1) is 0 Å². The second-order valence-electron chi connectivity index (χ2n) is 8.03. The summed E-state index contributed by atoms with van der Waals surface area (Å²) in [6.07, 6.45) is 3.81. The van der Waals surface area contributed by atoms with E-state index < -0.39 is 5.92 Å². The number of methoxy groups -OCH3 is 2. The zero-order valence-electron chi connectivity index (χ0n) is 18.9. The van der Waals surface area contributed by atoms with E-state index in [1.54, 1.807) is 14.2 Å². The van der Waals surface area contributed by atoms with Crippen LogP contribution in [0.5, 0.6) is 0 Å². The average Bonchev–Trinajstić information content (AvgIpc) is 2.94. The number of benzene rings is 2. The summed E-state index contributed by atoms with van der Waals surface area (Å²) in [5, 5.41) is 8.98. The Labute approximate surface area is 193 Å². The highest BCUT2D eigenvalue weighted by molar-refractivity contribution is 6.03. The number of nitrogens with one attached hydrogen (secondary N) is 1. The molecule has 170 valence electrons. The van der Waals surface area contributed by atoms with E-state index in [1.807, 2.05) is 79.7 Å². The number of nitrogens with zero attached hydrogens (tertiary/aromatic N) is 2. The maximum Gasteiger partial charge on any atom is 0.251 e. The van der Waals surface area contributed by atoms with Crippen molar-refractivity contribution in [3.05, 3.63) is 84.3 Å². The molecule has 2 aliphatic rings. The van der Waals surface area contributed by atoms with E-state index >= 15 is 0 Å². The molecule has 0 saturated carbocycles. The molecule has 0 radical (unpaired) electrons. The van der Waals surface area contributed by atoms with Crippen LogP contribution in [0.4, 0.5) is 11.4 Å². The number of fused-ring (bicyclic) bond motifs is 1. The zero-order valence-corrected chi connectivity index (χ0v) is 18.9. The Hall–Kier alpha value is -3.87. The lowest BCUT2D eigenvalue weighted by atomic mass is 9.74. The number of hydrogen-bond donors (Lipinski definition) is 1. The molecule has 2 aromatic carbocycles. The molecule has 3 unspecified atom stereocenters. The first kappa shape index (κ1) is 22.3. The van der Waals surface area contributed by atoms with E-state index in [0.717, 1.165) is 5.71 Å². The van der Waals surface area contributed by atoms with Crippen molar-refractivity contribution in [2.24, 2.45) is 22.9 Å².